The molecule has 0 N–H and O–H groups in total. The van der Waals surface area contributed by atoms with Gasteiger partial charge < -0.3 is 0 Å². The molecule has 2 heteroatoms. The van der Waals surface area contributed by atoms with Crippen LogP contribution in [0.15, 0.2) is 17.5 Å². The van der Waals surface area contributed by atoms with Crippen molar-refractivity contribution >= 4 is 11.3 Å². The van der Waals surface area contributed by atoms with Gasteiger partial charge in [0, 0.05) is 4.88 Å². The Kier molecular flexibility index (Phi) is 3.13. The van der Waals surface area contributed by atoms with Gasteiger partial charge in [-0.3, -0.25) is 0 Å². The molecule has 0 aliphatic carbocycles. The largest absolute Gasteiger partial charge is 0.198 e. The van der Waals surface area contributed by atoms with E-state index >= 15 is 0 Å². The first-order chi connectivity index (χ1) is 5.38. The Bertz CT molecular complexity index is 233. The third-order valence-electron chi connectivity index (χ3n) is 1.62. The number of nitriles is 1. The monoisotopic (exact) mass is 165 g/mol. The first-order valence-corrected chi connectivity index (χ1v) is 4.69. The first-order valence-electron chi connectivity index (χ1n) is 3.81. The van der Waals surface area contributed by atoms with Gasteiger partial charge in [0.25, 0.3) is 0 Å². The van der Waals surface area contributed by atoms with Crippen molar-refractivity contribution in [3.63, 3.8) is 0 Å². The lowest BCUT2D eigenvalue weighted by Crippen LogP contribution is -1.90. The van der Waals surface area contributed by atoms with Gasteiger partial charge in [0.1, 0.15) is 0 Å². The molecule has 0 saturated carbocycles. The van der Waals surface area contributed by atoms with E-state index in [9.17, 15) is 0 Å². The van der Waals surface area contributed by atoms with E-state index in [2.05, 4.69) is 13.0 Å². The van der Waals surface area contributed by atoms with Gasteiger partial charge >= 0.3 is 0 Å². The van der Waals surface area contributed by atoms with E-state index in [1.54, 1.807) is 11.3 Å². The van der Waals surface area contributed by atoms with Crippen molar-refractivity contribution in [2.24, 2.45) is 0 Å². The zero-order chi connectivity index (χ0) is 8.10. The second-order valence-corrected chi connectivity index (χ2v) is 3.47. The minimum atomic E-state index is 0.125. The van der Waals surface area contributed by atoms with Crippen molar-refractivity contribution in [3.05, 3.63) is 22.4 Å². The van der Waals surface area contributed by atoms with Crippen molar-refractivity contribution in [2.45, 2.75) is 25.7 Å². The van der Waals surface area contributed by atoms with Crippen LogP contribution in [0.4, 0.5) is 0 Å². The number of hydrogen-bond acceptors (Lipinski definition) is 2. The molecule has 1 rings (SSSR count). The molecule has 58 valence electrons. The predicted molar refractivity (Wildman–Crippen MR) is 47.6 cm³/mol. The van der Waals surface area contributed by atoms with Crippen LogP contribution in [0.25, 0.3) is 0 Å². The lowest BCUT2D eigenvalue weighted by Gasteiger charge is -2.02. The number of hydrogen-bond donors (Lipinski definition) is 0. The van der Waals surface area contributed by atoms with E-state index in [1.807, 2.05) is 17.5 Å². The van der Waals surface area contributed by atoms with Crippen LogP contribution in [0, 0.1) is 11.3 Å². The summed E-state index contributed by atoms with van der Waals surface area (Å²) in [5, 5.41) is 10.8. The van der Waals surface area contributed by atoms with Crippen LogP contribution in [0.1, 0.15) is 30.6 Å². The maximum Gasteiger partial charge on any atom is 0.0805 e. The summed E-state index contributed by atoms with van der Waals surface area (Å²) in [6.07, 6.45) is 2.06. The van der Waals surface area contributed by atoms with Crippen molar-refractivity contribution in [1.82, 2.24) is 0 Å². The summed E-state index contributed by atoms with van der Waals surface area (Å²) in [4.78, 5) is 1.20. The number of nitrogens with zero attached hydrogens (tertiary/aromatic N) is 1. The molecule has 0 saturated heterocycles. The second kappa shape index (κ2) is 4.15. The molecule has 0 bridgehead atoms. The number of thiophene rings is 1. The second-order valence-electron chi connectivity index (χ2n) is 2.49. The third kappa shape index (κ3) is 2.06. The fourth-order valence-corrected chi connectivity index (χ4v) is 1.85. The molecule has 0 spiro atoms. The van der Waals surface area contributed by atoms with E-state index in [-0.39, 0.29) is 5.92 Å². The van der Waals surface area contributed by atoms with E-state index in [0.29, 0.717) is 0 Å². The molecule has 0 aromatic carbocycles. The van der Waals surface area contributed by atoms with Crippen molar-refractivity contribution in [3.8, 4) is 6.07 Å². The smallest absolute Gasteiger partial charge is 0.0805 e. The van der Waals surface area contributed by atoms with Crippen LogP contribution in [0.3, 0.4) is 0 Å². The van der Waals surface area contributed by atoms with Crippen LogP contribution in [0.2, 0.25) is 0 Å². The van der Waals surface area contributed by atoms with Crippen molar-refractivity contribution in [2.75, 3.05) is 0 Å². The number of rotatable bonds is 3. The quantitative estimate of drug-likeness (QED) is 0.675. The summed E-state index contributed by atoms with van der Waals surface area (Å²) in [5.74, 6) is 0.125. The van der Waals surface area contributed by atoms with Gasteiger partial charge in [0.05, 0.1) is 12.0 Å². The molecule has 0 aliphatic heterocycles. The molecule has 0 amide bonds. The van der Waals surface area contributed by atoms with Gasteiger partial charge in [-0.25, -0.2) is 0 Å². The molecule has 1 aromatic heterocycles. The summed E-state index contributed by atoms with van der Waals surface area (Å²) in [6, 6.07) is 6.35. The van der Waals surface area contributed by atoms with E-state index in [4.69, 9.17) is 5.26 Å². The average Bonchev–Trinajstić information content (AvgIpc) is 2.52. The zero-order valence-electron chi connectivity index (χ0n) is 6.58. The predicted octanol–water partition coefficient (Wildman–Crippen LogP) is 3.16. The Balaban J connectivity index is 2.65. The fourth-order valence-electron chi connectivity index (χ4n) is 1.05. The Morgan fingerprint density at radius 3 is 3.00 bits per heavy atom. The molecule has 1 aromatic rings. The van der Waals surface area contributed by atoms with Crippen LogP contribution in [-0.4, -0.2) is 0 Å². The van der Waals surface area contributed by atoms with Crippen LogP contribution < -0.4 is 0 Å². The molecule has 0 radical (unpaired) electrons. The van der Waals surface area contributed by atoms with Crippen LogP contribution >= 0.6 is 11.3 Å². The van der Waals surface area contributed by atoms with Crippen molar-refractivity contribution < 1.29 is 0 Å². The molecular formula is C9H11NS. The molecule has 11 heavy (non-hydrogen) atoms. The SMILES string of the molecule is CCCC(C#N)c1cccs1. The maximum absolute atomic E-state index is 8.79. The molecule has 0 aliphatic rings. The minimum Gasteiger partial charge on any atom is -0.198 e. The fraction of sp³-hybridized carbons (Fsp3) is 0.444. The minimum absolute atomic E-state index is 0.125. The van der Waals surface area contributed by atoms with E-state index in [0.717, 1.165) is 12.8 Å². The Hall–Kier alpha value is -0.810. The first kappa shape index (κ1) is 8.29. The van der Waals surface area contributed by atoms with E-state index < -0.39 is 0 Å². The summed E-state index contributed by atoms with van der Waals surface area (Å²) >= 11 is 1.67. The highest BCUT2D eigenvalue weighted by Gasteiger charge is 2.08. The molecule has 1 unspecified atom stereocenters. The van der Waals surface area contributed by atoms with Crippen LogP contribution in [-0.2, 0) is 0 Å². The standard InChI is InChI=1S/C9H11NS/c1-2-4-8(7-10)9-5-3-6-11-9/h3,5-6,8H,2,4H2,1H3. The molecule has 1 nitrogen and oxygen atoms in total. The van der Waals surface area contributed by atoms with Gasteiger partial charge in [-0.2, -0.15) is 5.26 Å². The molecular weight excluding hydrogens is 154 g/mol. The van der Waals surface area contributed by atoms with Crippen molar-refractivity contribution in [1.29, 1.82) is 5.26 Å². The molecule has 1 atom stereocenters. The van der Waals surface area contributed by atoms with E-state index in [1.165, 1.54) is 4.88 Å². The van der Waals surface area contributed by atoms with Gasteiger partial charge in [0.2, 0.25) is 0 Å². The Morgan fingerprint density at radius 1 is 1.73 bits per heavy atom. The topological polar surface area (TPSA) is 23.8 Å². The normalized spacial score (nSPS) is 12.4. The summed E-state index contributed by atoms with van der Waals surface area (Å²) in [7, 11) is 0. The highest BCUT2D eigenvalue weighted by atomic mass is 32.1. The van der Waals surface area contributed by atoms with Crippen LogP contribution in [0.5, 0.6) is 0 Å². The van der Waals surface area contributed by atoms with Gasteiger partial charge in [0.15, 0.2) is 0 Å². The Morgan fingerprint density at radius 2 is 2.55 bits per heavy atom. The highest BCUT2D eigenvalue weighted by Crippen LogP contribution is 2.24. The average molecular weight is 165 g/mol. The van der Waals surface area contributed by atoms with Gasteiger partial charge in [-0.15, -0.1) is 11.3 Å². The zero-order valence-corrected chi connectivity index (χ0v) is 7.40. The summed E-state index contributed by atoms with van der Waals surface area (Å²) in [6.45, 7) is 2.11. The summed E-state index contributed by atoms with van der Waals surface area (Å²) in [5.41, 5.74) is 0. The molecule has 1 heterocycles. The maximum atomic E-state index is 8.79. The van der Waals surface area contributed by atoms with Gasteiger partial charge in [-0.1, -0.05) is 19.4 Å². The molecule has 0 fully saturated rings. The Labute approximate surface area is 71.3 Å². The summed E-state index contributed by atoms with van der Waals surface area (Å²) < 4.78 is 0. The lowest BCUT2D eigenvalue weighted by molar-refractivity contribution is 0.737. The van der Waals surface area contributed by atoms with Gasteiger partial charge in [-0.05, 0) is 17.9 Å². The third-order valence-corrected chi connectivity index (χ3v) is 2.61. The lowest BCUT2D eigenvalue weighted by atomic mass is 10.0. The highest BCUT2D eigenvalue weighted by molar-refractivity contribution is 7.10.